The first-order chi connectivity index (χ1) is 13.0. The number of hydrogen-bond donors (Lipinski definition) is 1. The number of benzene rings is 2. The highest BCUT2D eigenvalue weighted by atomic mass is 19.1. The Morgan fingerprint density at radius 1 is 1.07 bits per heavy atom. The number of halogens is 1. The van der Waals surface area contributed by atoms with Crippen molar-refractivity contribution in [3.8, 4) is 0 Å². The van der Waals surface area contributed by atoms with Gasteiger partial charge in [0.15, 0.2) is 6.10 Å². The van der Waals surface area contributed by atoms with Gasteiger partial charge in [-0.3, -0.25) is 9.59 Å². The minimum absolute atomic E-state index is 0.334. The minimum Gasteiger partial charge on any atom is -0.452 e. The van der Waals surface area contributed by atoms with Crippen molar-refractivity contribution in [2.45, 2.75) is 50.7 Å². The summed E-state index contributed by atoms with van der Waals surface area (Å²) >= 11 is 0. The Balaban J connectivity index is 1.64. The van der Waals surface area contributed by atoms with E-state index in [1.54, 1.807) is 19.1 Å². The minimum atomic E-state index is -0.890. The molecule has 0 unspecified atom stereocenters. The average molecular weight is 369 g/mol. The molecule has 1 amide bonds. The van der Waals surface area contributed by atoms with Crippen LogP contribution in [0.2, 0.25) is 0 Å². The Labute approximate surface area is 158 Å². The van der Waals surface area contributed by atoms with E-state index in [0.717, 1.165) is 24.0 Å². The lowest BCUT2D eigenvalue weighted by atomic mass is 9.79. The third-order valence-corrected chi connectivity index (χ3v) is 5.21. The average Bonchev–Trinajstić information content (AvgIpc) is 3.18. The maximum atomic E-state index is 13.3. The van der Waals surface area contributed by atoms with E-state index in [1.807, 2.05) is 30.3 Å². The van der Waals surface area contributed by atoms with Crippen LogP contribution in [0.25, 0.3) is 0 Å². The van der Waals surface area contributed by atoms with Crippen LogP contribution in [-0.2, 0) is 26.3 Å². The van der Waals surface area contributed by atoms with E-state index in [1.165, 1.54) is 12.1 Å². The summed E-state index contributed by atoms with van der Waals surface area (Å²) in [6.07, 6.45) is 2.22. The van der Waals surface area contributed by atoms with Gasteiger partial charge in [-0.05, 0) is 43.0 Å². The molecular formula is C22H24FNO3. The van der Waals surface area contributed by atoms with Crippen LogP contribution >= 0.6 is 0 Å². The zero-order valence-corrected chi connectivity index (χ0v) is 15.4. The summed E-state index contributed by atoms with van der Waals surface area (Å²) in [5.41, 5.74) is 0.938. The molecule has 1 saturated carbocycles. The van der Waals surface area contributed by atoms with Crippen LogP contribution in [0.15, 0.2) is 54.6 Å². The van der Waals surface area contributed by atoms with Gasteiger partial charge in [-0.2, -0.15) is 0 Å². The Kier molecular flexibility index (Phi) is 5.89. The first kappa shape index (κ1) is 19.1. The molecule has 0 spiro atoms. The van der Waals surface area contributed by atoms with Gasteiger partial charge >= 0.3 is 5.97 Å². The number of carbonyl (C=O) groups is 2. The fraction of sp³-hybridized carbons (Fsp3) is 0.364. The van der Waals surface area contributed by atoms with E-state index in [2.05, 4.69) is 5.32 Å². The van der Waals surface area contributed by atoms with Gasteiger partial charge in [0.05, 0.1) is 5.41 Å². The van der Waals surface area contributed by atoms with Crippen LogP contribution in [0.4, 0.5) is 4.39 Å². The molecule has 142 valence electrons. The molecule has 0 heterocycles. The molecular weight excluding hydrogens is 345 g/mol. The lowest BCUT2D eigenvalue weighted by Gasteiger charge is -2.28. The number of carbonyl (C=O) groups excluding carboxylic acids is 2. The summed E-state index contributed by atoms with van der Waals surface area (Å²) < 4.78 is 18.8. The Morgan fingerprint density at radius 3 is 2.33 bits per heavy atom. The number of rotatable bonds is 6. The Morgan fingerprint density at radius 2 is 1.70 bits per heavy atom. The van der Waals surface area contributed by atoms with E-state index >= 15 is 0 Å². The van der Waals surface area contributed by atoms with Crippen molar-refractivity contribution in [2.24, 2.45) is 0 Å². The molecule has 1 atom stereocenters. The maximum Gasteiger partial charge on any atom is 0.317 e. The quantitative estimate of drug-likeness (QED) is 0.786. The molecule has 4 nitrogen and oxygen atoms in total. The zero-order valence-electron chi connectivity index (χ0n) is 15.4. The fourth-order valence-electron chi connectivity index (χ4n) is 3.61. The van der Waals surface area contributed by atoms with Gasteiger partial charge in [-0.25, -0.2) is 4.39 Å². The van der Waals surface area contributed by atoms with Crippen molar-refractivity contribution in [2.75, 3.05) is 0 Å². The monoisotopic (exact) mass is 369 g/mol. The van der Waals surface area contributed by atoms with Gasteiger partial charge in [0.25, 0.3) is 5.91 Å². The third-order valence-electron chi connectivity index (χ3n) is 5.21. The highest BCUT2D eigenvalue weighted by Gasteiger charge is 2.45. The molecule has 1 aliphatic rings. The summed E-state index contributed by atoms with van der Waals surface area (Å²) in [6.45, 7) is 1.95. The van der Waals surface area contributed by atoms with E-state index in [4.69, 9.17) is 4.74 Å². The normalized spacial score (nSPS) is 16.5. The maximum absolute atomic E-state index is 13.3. The molecule has 0 bridgehead atoms. The van der Waals surface area contributed by atoms with Gasteiger partial charge in [-0.15, -0.1) is 0 Å². The van der Waals surface area contributed by atoms with Crippen molar-refractivity contribution in [1.82, 2.24) is 5.32 Å². The zero-order chi connectivity index (χ0) is 19.3. The van der Waals surface area contributed by atoms with Gasteiger partial charge in [0.2, 0.25) is 0 Å². The summed E-state index contributed by atoms with van der Waals surface area (Å²) in [4.78, 5) is 25.3. The molecule has 27 heavy (non-hydrogen) atoms. The highest BCUT2D eigenvalue weighted by Crippen LogP contribution is 2.42. The van der Waals surface area contributed by atoms with E-state index < -0.39 is 17.5 Å². The van der Waals surface area contributed by atoms with Crippen molar-refractivity contribution in [3.05, 3.63) is 71.5 Å². The highest BCUT2D eigenvalue weighted by molar-refractivity contribution is 5.88. The number of nitrogens with one attached hydrogen (secondary N) is 1. The van der Waals surface area contributed by atoms with Gasteiger partial charge in [0.1, 0.15) is 5.82 Å². The number of amides is 1. The molecule has 0 aromatic heterocycles. The van der Waals surface area contributed by atoms with Gasteiger partial charge in [-0.1, -0.05) is 55.3 Å². The van der Waals surface area contributed by atoms with Crippen LogP contribution in [0.3, 0.4) is 0 Å². The van der Waals surface area contributed by atoms with Crippen LogP contribution in [0, 0.1) is 5.82 Å². The molecule has 2 aromatic carbocycles. The van der Waals surface area contributed by atoms with E-state index in [9.17, 15) is 14.0 Å². The number of esters is 1. The standard InChI is InChI=1S/C22H24FNO3/c1-16(20(25)24-15-17-7-3-2-4-8-17)27-21(26)22(13-5-6-14-22)18-9-11-19(23)12-10-18/h2-4,7-12,16H,5-6,13-15H2,1H3,(H,24,25)/t16-/m1/s1. The summed E-state index contributed by atoms with van der Waals surface area (Å²) in [6, 6.07) is 15.5. The van der Waals surface area contributed by atoms with Gasteiger partial charge in [0, 0.05) is 6.54 Å². The molecule has 0 radical (unpaired) electrons. The predicted molar refractivity (Wildman–Crippen MR) is 100 cm³/mol. The second kappa shape index (κ2) is 8.33. The Bertz CT molecular complexity index is 783. The van der Waals surface area contributed by atoms with Crippen molar-refractivity contribution in [3.63, 3.8) is 0 Å². The molecule has 1 aliphatic carbocycles. The molecule has 1 fully saturated rings. The number of hydrogen-bond acceptors (Lipinski definition) is 3. The summed E-state index contributed by atoms with van der Waals surface area (Å²) in [5, 5.41) is 2.79. The molecule has 5 heteroatoms. The molecule has 0 aliphatic heterocycles. The van der Waals surface area contributed by atoms with Crippen molar-refractivity contribution in [1.29, 1.82) is 0 Å². The summed E-state index contributed by atoms with van der Waals surface area (Å²) in [7, 11) is 0. The molecule has 0 saturated heterocycles. The SMILES string of the molecule is C[C@@H](OC(=O)C1(c2ccc(F)cc2)CCCC1)C(=O)NCc1ccccc1. The predicted octanol–water partition coefficient (Wildman–Crippen LogP) is 3.89. The molecule has 1 N–H and O–H groups in total. The Hall–Kier alpha value is -2.69. The molecule has 3 rings (SSSR count). The van der Waals surface area contributed by atoms with Crippen LogP contribution < -0.4 is 5.32 Å². The topological polar surface area (TPSA) is 55.4 Å². The smallest absolute Gasteiger partial charge is 0.317 e. The largest absolute Gasteiger partial charge is 0.452 e. The van der Waals surface area contributed by atoms with Crippen LogP contribution in [-0.4, -0.2) is 18.0 Å². The third kappa shape index (κ3) is 4.35. The number of ether oxygens (including phenoxy) is 1. The van der Waals surface area contributed by atoms with Gasteiger partial charge < -0.3 is 10.1 Å². The van der Waals surface area contributed by atoms with E-state index in [-0.39, 0.29) is 11.7 Å². The lowest BCUT2D eigenvalue weighted by molar-refractivity contribution is -0.160. The molecule has 2 aromatic rings. The summed E-state index contributed by atoms with van der Waals surface area (Å²) in [5.74, 6) is -1.08. The second-order valence-corrected chi connectivity index (χ2v) is 7.05. The first-order valence-corrected chi connectivity index (χ1v) is 9.30. The first-order valence-electron chi connectivity index (χ1n) is 9.30. The van der Waals surface area contributed by atoms with E-state index in [0.29, 0.717) is 19.4 Å². The van der Waals surface area contributed by atoms with Crippen LogP contribution in [0.5, 0.6) is 0 Å². The van der Waals surface area contributed by atoms with Crippen molar-refractivity contribution >= 4 is 11.9 Å². The van der Waals surface area contributed by atoms with Crippen LogP contribution in [0.1, 0.15) is 43.7 Å². The van der Waals surface area contributed by atoms with Crippen molar-refractivity contribution < 1.29 is 18.7 Å². The lowest BCUT2D eigenvalue weighted by Crippen LogP contribution is -2.41. The fourth-order valence-corrected chi connectivity index (χ4v) is 3.61. The second-order valence-electron chi connectivity index (χ2n) is 7.05.